The predicted molar refractivity (Wildman–Crippen MR) is 111 cm³/mol. The number of esters is 3. The molecule has 0 fully saturated rings. The van der Waals surface area contributed by atoms with Gasteiger partial charge in [0.15, 0.2) is 0 Å². The molecule has 0 heterocycles. The number of unbranched alkanes of at least 4 members (excludes halogenated alkanes) is 1. The molecule has 0 spiro atoms. The number of ether oxygens (including phenoxy) is 5. The van der Waals surface area contributed by atoms with Crippen LogP contribution in [0.2, 0.25) is 0 Å². The van der Waals surface area contributed by atoms with E-state index in [0.717, 1.165) is 18.6 Å². The third-order valence-corrected chi connectivity index (χ3v) is 3.77. The molecule has 0 saturated heterocycles. The van der Waals surface area contributed by atoms with E-state index in [4.69, 9.17) is 23.7 Å². The molecule has 0 saturated carbocycles. The van der Waals surface area contributed by atoms with Crippen molar-refractivity contribution in [2.75, 3.05) is 39.8 Å². The summed E-state index contributed by atoms with van der Waals surface area (Å²) < 4.78 is 26.0. The molecule has 0 aromatic rings. The molecule has 8 heteroatoms. The fourth-order valence-electron chi connectivity index (χ4n) is 2.11. The van der Waals surface area contributed by atoms with E-state index < -0.39 is 17.4 Å². The zero-order valence-corrected chi connectivity index (χ0v) is 18.7. The lowest BCUT2D eigenvalue weighted by molar-refractivity contribution is -0.150. The Balaban J connectivity index is 3.72. The normalized spacial score (nSPS) is 11.5. The largest absolute Gasteiger partial charge is 0.466 e. The summed E-state index contributed by atoms with van der Waals surface area (Å²) in [6.07, 6.45) is 3.75. The molecular formula is C22H36O8. The summed E-state index contributed by atoms with van der Waals surface area (Å²) in [5, 5.41) is 0. The van der Waals surface area contributed by atoms with Gasteiger partial charge < -0.3 is 23.7 Å². The third-order valence-electron chi connectivity index (χ3n) is 3.77. The summed E-state index contributed by atoms with van der Waals surface area (Å²) in [5.74, 6) is -1.31. The van der Waals surface area contributed by atoms with E-state index in [1.807, 2.05) is 27.7 Å². The maximum Gasteiger partial charge on any atom is 0.330 e. The summed E-state index contributed by atoms with van der Waals surface area (Å²) in [5.41, 5.74) is -0.831. The Kier molecular flexibility index (Phi) is 13.7. The first-order chi connectivity index (χ1) is 14.0. The molecule has 0 amide bonds. The minimum absolute atomic E-state index is 0.119. The maximum atomic E-state index is 11.9. The van der Waals surface area contributed by atoms with E-state index in [9.17, 15) is 14.4 Å². The number of hydrogen-bond donors (Lipinski definition) is 0. The van der Waals surface area contributed by atoms with Crippen LogP contribution in [0.3, 0.4) is 0 Å². The molecule has 0 N–H and O–H groups in total. The van der Waals surface area contributed by atoms with E-state index in [1.165, 1.54) is 0 Å². The quantitative estimate of drug-likeness (QED) is 0.115. The first-order valence-corrected chi connectivity index (χ1v) is 9.91. The number of hydrogen-bond acceptors (Lipinski definition) is 8. The lowest BCUT2D eigenvalue weighted by Gasteiger charge is -2.23. The van der Waals surface area contributed by atoms with Crippen LogP contribution in [0.4, 0.5) is 0 Å². The molecule has 0 aliphatic rings. The van der Waals surface area contributed by atoms with Crippen LogP contribution in [-0.4, -0.2) is 57.7 Å². The minimum Gasteiger partial charge on any atom is -0.466 e. The van der Waals surface area contributed by atoms with Crippen molar-refractivity contribution in [2.24, 2.45) is 10.8 Å². The highest BCUT2D eigenvalue weighted by molar-refractivity contribution is 5.81. The van der Waals surface area contributed by atoms with E-state index in [1.54, 1.807) is 0 Å². The first kappa shape index (κ1) is 27.8. The van der Waals surface area contributed by atoms with E-state index in [-0.39, 0.29) is 37.8 Å². The average molecular weight is 429 g/mol. The van der Waals surface area contributed by atoms with Gasteiger partial charge in [0.05, 0.1) is 32.8 Å². The number of rotatable bonds is 17. The van der Waals surface area contributed by atoms with Crippen LogP contribution in [0.1, 0.15) is 47.0 Å². The van der Waals surface area contributed by atoms with Gasteiger partial charge in [0, 0.05) is 29.6 Å². The van der Waals surface area contributed by atoms with Crippen molar-refractivity contribution in [1.29, 1.82) is 0 Å². The Hall–Kier alpha value is -2.19. The lowest BCUT2D eigenvalue weighted by atomic mass is 9.90. The van der Waals surface area contributed by atoms with Gasteiger partial charge in [-0.05, 0) is 12.8 Å². The first-order valence-electron chi connectivity index (χ1n) is 9.91. The Morgan fingerprint density at radius 2 is 1.27 bits per heavy atom. The molecule has 0 aliphatic carbocycles. The number of carbonyl (C=O) groups excluding carboxylic acids is 3. The Morgan fingerprint density at radius 1 is 0.733 bits per heavy atom. The highest BCUT2D eigenvalue weighted by Crippen LogP contribution is 2.21. The fourth-order valence-corrected chi connectivity index (χ4v) is 2.11. The molecule has 30 heavy (non-hydrogen) atoms. The van der Waals surface area contributed by atoms with Crippen LogP contribution in [0.25, 0.3) is 0 Å². The molecule has 0 unspecified atom stereocenters. The minimum atomic E-state index is -0.514. The molecule has 0 aromatic heterocycles. The van der Waals surface area contributed by atoms with Crippen LogP contribution >= 0.6 is 0 Å². The molecule has 0 rings (SSSR count). The van der Waals surface area contributed by atoms with Crippen LogP contribution < -0.4 is 0 Å². The summed E-state index contributed by atoms with van der Waals surface area (Å²) in [7, 11) is 0. The van der Waals surface area contributed by atoms with Crippen molar-refractivity contribution in [2.45, 2.75) is 47.0 Å². The van der Waals surface area contributed by atoms with Crippen molar-refractivity contribution in [3.8, 4) is 0 Å². The van der Waals surface area contributed by atoms with Gasteiger partial charge >= 0.3 is 17.9 Å². The van der Waals surface area contributed by atoms with Gasteiger partial charge in [0.1, 0.15) is 6.79 Å². The predicted octanol–water partition coefficient (Wildman–Crippen LogP) is 3.20. The van der Waals surface area contributed by atoms with Gasteiger partial charge in [-0.25, -0.2) is 9.59 Å². The van der Waals surface area contributed by atoms with Crippen LogP contribution in [-0.2, 0) is 38.1 Å². The second-order valence-electron chi connectivity index (χ2n) is 8.43. The van der Waals surface area contributed by atoms with Crippen molar-refractivity contribution in [3.05, 3.63) is 25.3 Å². The van der Waals surface area contributed by atoms with Crippen molar-refractivity contribution < 1.29 is 38.1 Å². The second-order valence-corrected chi connectivity index (χ2v) is 8.43. The SMILES string of the molecule is C=CC(=O)OCC(C)(C)COCOCCCCOC(=O)CC(C)(C)COC(=O)C=C. The molecule has 172 valence electrons. The Morgan fingerprint density at radius 3 is 1.83 bits per heavy atom. The van der Waals surface area contributed by atoms with E-state index in [2.05, 4.69) is 13.2 Å². The monoisotopic (exact) mass is 428 g/mol. The zero-order chi connectivity index (χ0) is 23.0. The standard InChI is InChI=1S/C22H36O8/c1-7-18(23)29-15-21(3,4)13-20(25)28-12-10-9-11-26-17-27-14-22(5,6)16-30-19(24)8-2/h7-8H,1-2,9-17H2,3-6H3. The van der Waals surface area contributed by atoms with E-state index >= 15 is 0 Å². The molecule has 0 radical (unpaired) electrons. The molecule has 0 atom stereocenters. The molecule has 0 aromatic carbocycles. The number of carbonyl (C=O) groups is 3. The highest BCUT2D eigenvalue weighted by Gasteiger charge is 2.24. The molecular weight excluding hydrogens is 392 g/mol. The summed E-state index contributed by atoms with van der Waals surface area (Å²) in [6, 6.07) is 0. The van der Waals surface area contributed by atoms with Gasteiger partial charge in [-0.2, -0.15) is 0 Å². The smallest absolute Gasteiger partial charge is 0.330 e. The average Bonchev–Trinajstić information content (AvgIpc) is 2.68. The Bertz CT molecular complexity index is 565. The second kappa shape index (κ2) is 14.7. The van der Waals surface area contributed by atoms with Gasteiger partial charge in [-0.3, -0.25) is 4.79 Å². The van der Waals surface area contributed by atoms with Crippen LogP contribution in [0, 0.1) is 10.8 Å². The lowest BCUT2D eigenvalue weighted by Crippen LogP contribution is -2.27. The highest BCUT2D eigenvalue weighted by atomic mass is 16.7. The third kappa shape index (κ3) is 15.7. The van der Waals surface area contributed by atoms with Crippen LogP contribution in [0.5, 0.6) is 0 Å². The van der Waals surface area contributed by atoms with Gasteiger partial charge in [-0.1, -0.05) is 40.9 Å². The fraction of sp³-hybridized carbons (Fsp3) is 0.682. The van der Waals surface area contributed by atoms with Crippen molar-refractivity contribution in [1.82, 2.24) is 0 Å². The topological polar surface area (TPSA) is 97.4 Å². The van der Waals surface area contributed by atoms with Gasteiger partial charge in [-0.15, -0.1) is 0 Å². The van der Waals surface area contributed by atoms with Crippen molar-refractivity contribution in [3.63, 3.8) is 0 Å². The van der Waals surface area contributed by atoms with Gasteiger partial charge in [0.2, 0.25) is 0 Å². The van der Waals surface area contributed by atoms with Gasteiger partial charge in [0.25, 0.3) is 0 Å². The maximum absolute atomic E-state index is 11.9. The van der Waals surface area contributed by atoms with Crippen LogP contribution in [0.15, 0.2) is 25.3 Å². The molecule has 0 bridgehead atoms. The Labute approximate surface area is 179 Å². The molecule has 0 aliphatic heterocycles. The molecule has 8 nitrogen and oxygen atoms in total. The summed E-state index contributed by atoms with van der Waals surface area (Å²) in [6.45, 7) is 15.8. The summed E-state index contributed by atoms with van der Waals surface area (Å²) in [4.78, 5) is 34.1. The van der Waals surface area contributed by atoms with E-state index in [0.29, 0.717) is 26.2 Å². The zero-order valence-electron chi connectivity index (χ0n) is 18.7. The summed E-state index contributed by atoms with van der Waals surface area (Å²) >= 11 is 0. The van der Waals surface area contributed by atoms with Crippen molar-refractivity contribution >= 4 is 17.9 Å².